The maximum atomic E-state index is 12.9. The van der Waals surface area contributed by atoms with E-state index >= 15 is 0 Å². The van der Waals surface area contributed by atoms with E-state index in [-0.39, 0.29) is 11.9 Å². The molecule has 0 aliphatic heterocycles. The minimum absolute atomic E-state index is 0.0979. The molecule has 4 rings (SSSR count). The fourth-order valence-corrected chi connectivity index (χ4v) is 3.65. The highest BCUT2D eigenvalue weighted by Crippen LogP contribution is 2.32. The normalized spacial score (nSPS) is 11.7. The van der Waals surface area contributed by atoms with E-state index in [0.29, 0.717) is 17.9 Å². The molecule has 0 fully saturated rings. The summed E-state index contributed by atoms with van der Waals surface area (Å²) >= 11 is 0. The number of hydrogen-bond donors (Lipinski definition) is 1. The summed E-state index contributed by atoms with van der Waals surface area (Å²) in [6, 6.07) is 25.0. The SMILES string of the molecule is CCOc1cc(-c2cccc(OC)c2)nc2ccc(C(=O)N[C@@H](C)c3ccccc3)cc12. The van der Waals surface area contributed by atoms with Gasteiger partial charge in [-0.25, -0.2) is 4.98 Å². The number of hydrogen-bond acceptors (Lipinski definition) is 4. The van der Waals surface area contributed by atoms with Crippen LogP contribution in [-0.2, 0) is 0 Å². The van der Waals surface area contributed by atoms with E-state index in [2.05, 4.69) is 5.32 Å². The van der Waals surface area contributed by atoms with Crippen LogP contribution < -0.4 is 14.8 Å². The highest BCUT2D eigenvalue weighted by molar-refractivity contribution is 6.00. The number of rotatable bonds is 7. The Morgan fingerprint density at radius 2 is 1.81 bits per heavy atom. The fourth-order valence-electron chi connectivity index (χ4n) is 3.65. The molecule has 0 bridgehead atoms. The van der Waals surface area contributed by atoms with Crippen LogP contribution in [0.4, 0.5) is 0 Å². The van der Waals surface area contributed by atoms with Gasteiger partial charge in [0, 0.05) is 22.6 Å². The second-order valence-corrected chi connectivity index (χ2v) is 7.51. The standard InChI is InChI=1S/C27H26N2O3/c1-4-32-26-17-25(20-11-8-12-22(15-20)31-3)29-24-14-13-21(16-23(24)26)27(30)28-18(2)19-9-6-5-7-10-19/h5-18H,4H2,1-3H3,(H,28,30)/t18-/m0/s1. The van der Waals surface area contributed by atoms with Crippen molar-refractivity contribution >= 4 is 16.8 Å². The number of carbonyl (C=O) groups is 1. The van der Waals surface area contributed by atoms with Crippen molar-refractivity contribution in [3.05, 3.63) is 90.0 Å². The predicted octanol–water partition coefficient (Wildman–Crippen LogP) is 5.80. The molecule has 1 N–H and O–H groups in total. The van der Waals surface area contributed by atoms with Gasteiger partial charge in [0.1, 0.15) is 11.5 Å². The van der Waals surface area contributed by atoms with Gasteiger partial charge in [-0.15, -0.1) is 0 Å². The van der Waals surface area contributed by atoms with Crippen molar-refractivity contribution in [1.82, 2.24) is 10.3 Å². The lowest BCUT2D eigenvalue weighted by Gasteiger charge is -2.15. The molecular formula is C27H26N2O3. The molecule has 32 heavy (non-hydrogen) atoms. The fraction of sp³-hybridized carbons (Fsp3) is 0.185. The summed E-state index contributed by atoms with van der Waals surface area (Å²) in [7, 11) is 1.64. The van der Waals surface area contributed by atoms with Crippen LogP contribution in [-0.4, -0.2) is 24.6 Å². The van der Waals surface area contributed by atoms with Crippen molar-refractivity contribution in [3.63, 3.8) is 0 Å². The average molecular weight is 427 g/mol. The first-order valence-electron chi connectivity index (χ1n) is 10.7. The monoisotopic (exact) mass is 426 g/mol. The van der Waals surface area contributed by atoms with Crippen LogP contribution in [0.5, 0.6) is 11.5 Å². The van der Waals surface area contributed by atoms with Crippen LogP contribution in [0.2, 0.25) is 0 Å². The van der Waals surface area contributed by atoms with Gasteiger partial charge in [-0.1, -0.05) is 42.5 Å². The molecule has 1 amide bonds. The quantitative estimate of drug-likeness (QED) is 0.406. The lowest BCUT2D eigenvalue weighted by atomic mass is 10.0. The number of fused-ring (bicyclic) bond motifs is 1. The van der Waals surface area contributed by atoms with Crippen molar-refractivity contribution in [2.75, 3.05) is 13.7 Å². The summed E-state index contributed by atoms with van der Waals surface area (Å²) < 4.78 is 11.3. The van der Waals surface area contributed by atoms with E-state index in [1.54, 1.807) is 13.2 Å². The third-order valence-corrected chi connectivity index (χ3v) is 5.35. The van der Waals surface area contributed by atoms with E-state index in [1.807, 2.05) is 86.6 Å². The highest BCUT2D eigenvalue weighted by atomic mass is 16.5. The average Bonchev–Trinajstić information content (AvgIpc) is 2.84. The third-order valence-electron chi connectivity index (χ3n) is 5.35. The van der Waals surface area contributed by atoms with E-state index in [0.717, 1.165) is 33.5 Å². The number of carbonyl (C=O) groups excluding carboxylic acids is 1. The van der Waals surface area contributed by atoms with Gasteiger partial charge in [-0.05, 0) is 49.7 Å². The number of nitrogens with zero attached hydrogens (tertiary/aromatic N) is 1. The molecule has 5 heteroatoms. The molecule has 0 saturated carbocycles. The summed E-state index contributed by atoms with van der Waals surface area (Å²) in [5, 5.41) is 3.87. The Morgan fingerprint density at radius 1 is 1.00 bits per heavy atom. The number of ether oxygens (including phenoxy) is 2. The molecule has 0 unspecified atom stereocenters. The van der Waals surface area contributed by atoms with Gasteiger partial charge in [-0.2, -0.15) is 0 Å². The molecule has 0 saturated heterocycles. The van der Waals surface area contributed by atoms with E-state index < -0.39 is 0 Å². The minimum atomic E-state index is -0.137. The molecule has 162 valence electrons. The first-order valence-corrected chi connectivity index (χ1v) is 10.7. The van der Waals surface area contributed by atoms with Crippen molar-refractivity contribution < 1.29 is 14.3 Å². The Kier molecular flexibility index (Phi) is 6.36. The van der Waals surface area contributed by atoms with Crippen LogP contribution >= 0.6 is 0 Å². The number of methoxy groups -OCH3 is 1. The molecule has 0 radical (unpaired) electrons. The van der Waals surface area contributed by atoms with Crippen LogP contribution in [0.15, 0.2) is 78.9 Å². The number of nitrogens with one attached hydrogen (secondary N) is 1. The van der Waals surface area contributed by atoms with Crippen molar-refractivity contribution in [1.29, 1.82) is 0 Å². The Morgan fingerprint density at radius 3 is 2.56 bits per heavy atom. The van der Waals surface area contributed by atoms with Crippen molar-refractivity contribution in [3.8, 4) is 22.8 Å². The van der Waals surface area contributed by atoms with Gasteiger partial charge in [-0.3, -0.25) is 4.79 Å². The Balaban J connectivity index is 1.68. The number of benzene rings is 3. The van der Waals surface area contributed by atoms with Gasteiger partial charge < -0.3 is 14.8 Å². The van der Waals surface area contributed by atoms with E-state index in [4.69, 9.17) is 14.5 Å². The van der Waals surface area contributed by atoms with Gasteiger partial charge in [0.15, 0.2) is 0 Å². The molecule has 5 nitrogen and oxygen atoms in total. The first-order chi connectivity index (χ1) is 15.6. The Hall–Kier alpha value is -3.86. The van der Waals surface area contributed by atoms with Crippen LogP contribution in [0.25, 0.3) is 22.2 Å². The number of aromatic nitrogens is 1. The molecule has 1 atom stereocenters. The molecule has 1 heterocycles. The lowest BCUT2D eigenvalue weighted by molar-refractivity contribution is 0.0940. The highest BCUT2D eigenvalue weighted by Gasteiger charge is 2.15. The summed E-state index contributed by atoms with van der Waals surface area (Å²) in [6.07, 6.45) is 0. The van der Waals surface area contributed by atoms with E-state index in [9.17, 15) is 4.79 Å². The molecule has 3 aromatic carbocycles. The Bertz CT molecular complexity index is 1240. The van der Waals surface area contributed by atoms with Crippen molar-refractivity contribution in [2.45, 2.75) is 19.9 Å². The minimum Gasteiger partial charge on any atom is -0.497 e. The zero-order chi connectivity index (χ0) is 22.5. The number of amides is 1. The third kappa shape index (κ3) is 4.57. The van der Waals surface area contributed by atoms with Crippen molar-refractivity contribution in [2.24, 2.45) is 0 Å². The molecule has 4 aromatic rings. The van der Waals surface area contributed by atoms with E-state index in [1.165, 1.54) is 0 Å². The largest absolute Gasteiger partial charge is 0.497 e. The second-order valence-electron chi connectivity index (χ2n) is 7.51. The topological polar surface area (TPSA) is 60.5 Å². The first kappa shape index (κ1) is 21.4. The smallest absolute Gasteiger partial charge is 0.251 e. The maximum Gasteiger partial charge on any atom is 0.251 e. The van der Waals surface area contributed by atoms with Gasteiger partial charge >= 0.3 is 0 Å². The van der Waals surface area contributed by atoms with Gasteiger partial charge in [0.25, 0.3) is 5.91 Å². The predicted molar refractivity (Wildman–Crippen MR) is 127 cm³/mol. The molecule has 0 aliphatic rings. The summed E-state index contributed by atoms with van der Waals surface area (Å²) in [5.41, 5.74) is 4.11. The zero-order valence-corrected chi connectivity index (χ0v) is 18.5. The van der Waals surface area contributed by atoms with Crippen LogP contribution in [0, 0.1) is 0 Å². The summed E-state index contributed by atoms with van der Waals surface area (Å²) in [4.78, 5) is 17.7. The summed E-state index contributed by atoms with van der Waals surface area (Å²) in [5.74, 6) is 1.32. The number of pyridine rings is 1. The lowest BCUT2D eigenvalue weighted by Crippen LogP contribution is -2.26. The molecule has 0 spiro atoms. The van der Waals surface area contributed by atoms with Gasteiger partial charge in [0.2, 0.25) is 0 Å². The Labute approximate surface area is 188 Å². The molecular weight excluding hydrogens is 400 g/mol. The molecule has 0 aliphatic carbocycles. The summed E-state index contributed by atoms with van der Waals surface area (Å²) in [6.45, 7) is 4.43. The second kappa shape index (κ2) is 9.52. The zero-order valence-electron chi connectivity index (χ0n) is 18.5. The van der Waals surface area contributed by atoms with Gasteiger partial charge in [0.05, 0.1) is 31.0 Å². The van der Waals surface area contributed by atoms with Crippen LogP contribution in [0.1, 0.15) is 35.8 Å². The maximum absolute atomic E-state index is 12.9. The molecule has 1 aromatic heterocycles. The van der Waals surface area contributed by atoms with Crippen LogP contribution in [0.3, 0.4) is 0 Å².